The molecular weight excluding hydrogens is 230 g/mol. The molecule has 1 rings (SSSR count). The first-order valence-corrected chi connectivity index (χ1v) is 7.57. The van der Waals surface area contributed by atoms with E-state index in [4.69, 9.17) is 5.73 Å². The molecule has 0 amide bonds. The third-order valence-electron chi connectivity index (χ3n) is 3.00. The Morgan fingerprint density at radius 2 is 2.06 bits per heavy atom. The molecule has 0 aliphatic carbocycles. The second kappa shape index (κ2) is 6.92. The van der Waals surface area contributed by atoms with Crippen molar-refractivity contribution in [3.8, 4) is 0 Å². The van der Waals surface area contributed by atoms with Crippen LogP contribution in [0.25, 0.3) is 0 Å². The van der Waals surface area contributed by atoms with Crippen LogP contribution in [0.2, 0.25) is 0 Å². The molecule has 2 atom stereocenters. The van der Waals surface area contributed by atoms with Gasteiger partial charge < -0.3 is 5.73 Å². The number of aryl methyl sites for hydroxylation is 2. The van der Waals surface area contributed by atoms with Crippen LogP contribution >= 0.6 is 0 Å². The van der Waals surface area contributed by atoms with E-state index in [0.717, 1.165) is 35.5 Å². The van der Waals surface area contributed by atoms with E-state index in [-0.39, 0.29) is 6.04 Å². The molecule has 0 aliphatic rings. The van der Waals surface area contributed by atoms with Crippen molar-refractivity contribution in [1.29, 1.82) is 0 Å². The van der Waals surface area contributed by atoms with E-state index in [0.29, 0.717) is 0 Å². The fourth-order valence-corrected chi connectivity index (χ4v) is 3.13. The Bertz CT molecular complexity index is 390. The van der Waals surface area contributed by atoms with Gasteiger partial charge in [0, 0.05) is 16.7 Å². The first-order valence-electron chi connectivity index (χ1n) is 6.25. The standard InChI is InChI=1S/C14H23NOS/c1-4-13(15)6-5-9-17(16)14-8-7-11(2)10-12(14)3/h7-8,10,13H,4-6,9,15H2,1-3H3. The van der Waals surface area contributed by atoms with Crippen molar-refractivity contribution < 1.29 is 4.21 Å². The molecule has 0 radical (unpaired) electrons. The minimum atomic E-state index is -0.877. The van der Waals surface area contributed by atoms with E-state index in [9.17, 15) is 4.21 Å². The molecule has 0 fully saturated rings. The van der Waals surface area contributed by atoms with Crippen molar-refractivity contribution in [2.24, 2.45) is 5.73 Å². The molecule has 1 aromatic carbocycles. The molecule has 0 bridgehead atoms. The Balaban J connectivity index is 2.52. The lowest BCUT2D eigenvalue weighted by Gasteiger charge is -2.09. The van der Waals surface area contributed by atoms with Gasteiger partial charge in [0.1, 0.15) is 0 Å². The van der Waals surface area contributed by atoms with Gasteiger partial charge in [0.25, 0.3) is 0 Å². The lowest BCUT2D eigenvalue weighted by atomic mass is 10.1. The summed E-state index contributed by atoms with van der Waals surface area (Å²) in [4.78, 5) is 0.973. The first-order chi connectivity index (χ1) is 8.04. The normalized spacial score (nSPS) is 14.6. The second-order valence-corrected chi connectivity index (χ2v) is 6.17. The summed E-state index contributed by atoms with van der Waals surface area (Å²) in [6.07, 6.45) is 2.90. The number of rotatable bonds is 6. The van der Waals surface area contributed by atoms with Crippen molar-refractivity contribution in [2.45, 2.75) is 51.0 Å². The van der Waals surface area contributed by atoms with Gasteiger partial charge in [-0.1, -0.05) is 24.6 Å². The summed E-state index contributed by atoms with van der Waals surface area (Å²) in [7, 11) is -0.877. The van der Waals surface area contributed by atoms with Gasteiger partial charge in [-0.05, 0) is 44.7 Å². The molecular formula is C14H23NOS. The number of hydrogen-bond donors (Lipinski definition) is 1. The van der Waals surface area contributed by atoms with Gasteiger partial charge in [0.05, 0.1) is 10.8 Å². The van der Waals surface area contributed by atoms with Crippen LogP contribution in [0, 0.1) is 13.8 Å². The first kappa shape index (κ1) is 14.4. The largest absolute Gasteiger partial charge is 0.328 e. The zero-order chi connectivity index (χ0) is 12.8. The van der Waals surface area contributed by atoms with Gasteiger partial charge >= 0.3 is 0 Å². The quantitative estimate of drug-likeness (QED) is 0.847. The Labute approximate surface area is 107 Å². The van der Waals surface area contributed by atoms with Crippen molar-refractivity contribution in [2.75, 3.05) is 5.75 Å². The highest BCUT2D eigenvalue weighted by molar-refractivity contribution is 7.85. The van der Waals surface area contributed by atoms with Crippen LogP contribution < -0.4 is 5.73 Å². The zero-order valence-electron chi connectivity index (χ0n) is 11.0. The summed E-state index contributed by atoms with van der Waals surface area (Å²) >= 11 is 0. The molecule has 2 N–H and O–H groups in total. The lowest BCUT2D eigenvalue weighted by molar-refractivity contribution is 0.586. The maximum Gasteiger partial charge on any atom is 0.0532 e. The van der Waals surface area contributed by atoms with Crippen LogP contribution in [0.3, 0.4) is 0 Å². The third kappa shape index (κ3) is 4.60. The minimum Gasteiger partial charge on any atom is -0.328 e. The Morgan fingerprint density at radius 1 is 1.35 bits per heavy atom. The highest BCUT2D eigenvalue weighted by Gasteiger charge is 2.08. The maximum absolute atomic E-state index is 12.1. The molecule has 0 aromatic heterocycles. The van der Waals surface area contributed by atoms with Crippen LogP contribution in [-0.2, 0) is 10.8 Å². The van der Waals surface area contributed by atoms with E-state index < -0.39 is 10.8 Å². The zero-order valence-corrected chi connectivity index (χ0v) is 11.8. The molecule has 96 valence electrons. The maximum atomic E-state index is 12.1. The summed E-state index contributed by atoms with van der Waals surface area (Å²) in [5, 5.41) is 0. The van der Waals surface area contributed by atoms with Crippen LogP contribution in [0.1, 0.15) is 37.3 Å². The van der Waals surface area contributed by atoms with Gasteiger partial charge in [-0.3, -0.25) is 4.21 Å². The van der Waals surface area contributed by atoms with Crippen LogP contribution in [0.5, 0.6) is 0 Å². The van der Waals surface area contributed by atoms with E-state index >= 15 is 0 Å². The Morgan fingerprint density at radius 3 is 2.65 bits per heavy atom. The molecule has 2 unspecified atom stereocenters. The molecule has 17 heavy (non-hydrogen) atoms. The SMILES string of the molecule is CCC(N)CCCS(=O)c1ccc(C)cc1C. The lowest BCUT2D eigenvalue weighted by Crippen LogP contribution is -2.19. The topological polar surface area (TPSA) is 43.1 Å². The molecule has 0 aliphatic heterocycles. The van der Waals surface area contributed by atoms with Crippen molar-refractivity contribution in [1.82, 2.24) is 0 Å². The molecule has 0 saturated carbocycles. The van der Waals surface area contributed by atoms with Crippen LogP contribution in [0.15, 0.2) is 23.1 Å². The molecule has 3 heteroatoms. The number of nitrogens with two attached hydrogens (primary N) is 1. The van der Waals surface area contributed by atoms with Crippen molar-refractivity contribution >= 4 is 10.8 Å². The number of benzene rings is 1. The Hall–Kier alpha value is -0.670. The predicted octanol–water partition coefficient (Wildman–Crippen LogP) is 2.93. The summed E-state index contributed by atoms with van der Waals surface area (Å²) in [6.45, 7) is 6.17. The van der Waals surface area contributed by atoms with Gasteiger partial charge in [-0.15, -0.1) is 0 Å². The smallest absolute Gasteiger partial charge is 0.0532 e. The van der Waals surface area contributed by atoms with Crippen LogP contribution in [-0.4, -0.2) is 16.0 Å². The van der Waals surface area contributed by atoms with E-state index in [1.165, 1.54) is 5.56 Å². The molecule has 0 spiro atoms. The summed E-state index contributed by atoms with van der Waals surface area (Å²) < 4.78 is 12.1. The summed E-state index contributed by atoms with van der Waals surface area (Å²) in [5.41, 5.74) is 8.20. The van der Waals surface area contributed by atoms with Crippen molar-refractivity contribution in [3.63, 3.8) is 0 Å². The average Bonchev–Trinajstić information content (AvgIpc) is 2.28. The van der Waals surface area contributed by atoms with E-state index in [2.05, 4.69) is 19.9 Å². The Kier molecular flexibility index (Phi) is 5.86. The van der Waals surface area contributed by atoms with E-state index in [1.54, 1.807) is 0 Å². The monoisotopic (exact) mass is 253 g/mol. The summed E-state index contributed by atoms with van der Waals surface area (Å²) in [5.74, 6) is 0.720. The molecule has 2 nitrogen and oxygen atoms in total. The molecule has 0 heterocycles. The fraction of sp³-hybridized carbons (Fsp3) is 0.571. The van der Waals surface area contributed by atoms with E-state index in [1.807, 2.05) is 19.1 Å². The van der Waals surface area contributed by atoms with Gasteiger partial charge in [-0.2, -0.15) is 0 Å². The second-order valence-electron chi connectivity index (χ2n) is 4.63. The third-order valence-corrected chi connectivity index (χ3v) is 4.61. The van der Waals surface area contributed by atoms with Gasteiger partial charge in [0.2, 0.25) is 0 Å². The minimum absolute atomic E-state index is 0.256. The number of hydrogen-bond acceptors (Lipinski definition) is 2. The average molecular weight is 253 g/mol. The predicted molar refractivity (Wildman–Crippen MR) is 74.7 cm³/mol. The highest BCUT2D eigenvalue weighted by Crippen LogP contribution is 2.16. The van der Waals surface area contributed by atoms with Gasteiger partial charge in [-0.25, -0.2) is 0 Å². The highest BCUT2D eigenvalue weighted by atomic mass is 32.2. The van der Waals surface area contributed by atoms with Crippen LogP contribution in [0.4, 0.5) is 0 Å². The fourth-order valence-electron chi connectivity index (χ4n) is 1.85. The molecule has 1 aromatic rings. The van der Waals surface area contributed by atoms with Gasteiger partial charge in [0.15, 0.2) is 0 Å². The molecule has 0 saturated heterocycles. The summed E-state index contributed by atoms with van der Waals surface area (Å²) in [6, 6.07) is 6.36. The van der Waals surface area contributed by atoms with Crippen molar-refractivity contribution in [3.05, 3.63) is 29.3 Å².